The summed E-state index contributed by atoms with van der Waals surface area (Å²) in [5.74, 6) is 0.764. The zero-order chi connectivity index (χ0) is 62.5. The summed E-state index contributed by atoms with van der Waals surface area (Å²) in [7, 11) is -9.89. The lowest BCUT2D eigenvalue weighted by Gasteiger charge is -2.21. The number of aliphatic hydroxyl groups is 1. The fourth-order valence-corrected chi connectivity index (χ4v) is 11.2. The van der Waals surface area contributed by atoms with Crippen LogP contribution in [0, 0.1) is 23.7 Å². The lowest BCUT2D eigenvalue weighted by Crippen LogP contribution is -2.30. The number of carbonyl (C=O) groups excluding carboxylic acids is 4. The Hall–Kier alpha value is -1.94. The third-order valence-corrected chi connectivity index (χ3v) is 17.1. The molecule has 0 radical (unpaired) electrons. The second-order valence-electron chi connectivity index (χ2n) is 25.2. The van der Waals surface area contributed by atoms with Gasteiger partial charge in [0.15, 0.2) is 12.2 Å². The summed E-state index contributed by atoms with van der Waals surface area (Å²) in [5, 5.41) is 10.5. The highest BCUT2D eigenvalue weighted by Gasteiger charge is 2.30. The molecule has 0 rings (SSSR count). The van der Waals surface area contributed by atoms with Gasteiger partial charge < -0.3 is 33.8 Å². The zero-order valence-electron chi connectivity index (χ0n) is 54.5. The number of ether oxygens (including phenoxy) is 4. The number of phosphoric acid groups is 2. The van der Waals surface area contributed by atoms with Gasteiger partial charge in [-0.15, -0.1) is 0 Å². The first-order chi connectivity index (χ1) is 40.1. The van der Waals surface area contributed by atoms with Crippen LogP contribution in [0.25, 0.3) is 0 Å². The van der Waals surface area contributed by atoms with E-state index in [9.17, 15) is 43.2 Å². The molecular weight excluding hydrogens is 1110 g/mol. The third-order valence-electron chi connectivity index (χ3n) is 15.2. The summed E-state index contributed by atoms with van der Waals surface area (Å²) in [6, 6.07) is 0. The van der Waals surface area contributed by atoms with Crippen LogP contribution < -0.4 is 0 Å². The van der Waals surface area contributed by atoms with E-state index in [2.05, 4.69) is 55.4 Å². The van der Waals surface area contributed by atoms with E-state index in [4.69, 9.17) is 37.0 Å². The van der Waals surface area contributed by atoms with Gasteiger partial charge in [-0.3, -0.25) is 37.3 Å². The number of carbonyl (C=O) groups is 4. The van der Waals surface area contributed by atoms with Crippen molar-refractivity contribution in [3.63, 3.8) is 0 Å². The van der Waals surface area contributed by atoms with Crippen LogP contribution in [0.4, 0.5) is 0 Å². The summed E-state index contributed by atoms with van der Waals surface area (Å²) >= 11 is 0. The monoisotopic (exact) mass is 1240 g/mol. The van der Waals surface area contributed by atoms with Crippen molar-refractivity contribution in [1.29, 1.82) is 0 Å². The van der Waals surface area contributed by atoms with Crippen molar-refractivity contribution in [2.24, 2.45) is 23.7 Å². The molecule has 0 aromatic carbocycles. The van der Waals surface area contributed by atoms with Crippen molar-refractivity contribution in [2.45, 2.75) is 331 Å². The minimum absolute atomic E-state index is 0.102. The van der Waals surface area contributed by atoms with E-state index >= 15 is 0 Å². The minimum atomic E-state index is -4.95. The quantitative estimate of drug-likeness (QED) is 0.0222. The van der Waals surface area contributed by atoms with Crippen LogP contribution in [0.3, 0.4) is 0 Å². The van der Waals surface area contributed by atoms with Crippen LogP contribution in [0.1, 0.15) is 312 Å². The van der Waals surface area contributed by atoms with Gasteiger partial charge >= 0.3 is 39.5 Å². The number of hydrogen-bond acceptors (Lipinski definition) is 15. The van der Waals surface area contributed by atoms with E-state index in [0.29, 0.717) is 37.5 Å². The Morgan fingerprint density at radius 2 is 0.571 bits per heavy atom. The Morgan fingerprint density at radius 3 is 0.845 bits per heavy atom. The van der Waals surface area contributed by atoms with Crippen LogP contribution in [0.15, 0.2) is 0 Å². The topological polar surface area (TPSA) is 237 Å². The number of rotatable bonds is 62. The van der Waals surface area contributed by atoms with E-state index in [1.165, 1.54) is 109 Å². The standard InChI is InChI=1S/C65H126O17P2/c1-9-58(8)44-36-28-19-14-15-20-29-37-45-62(67)75-51-60(82-65(70)48-40-32-22-16-18-26-34-42-56(4)5)53-79-83(71,72)77-49-59(66)50-78-84(73,74)80-54-61(52-76-63(68)46-38-30-24-23-27-35-43-57(6)7)81-64(69)47-39-31-21-13-11-10-12-17-25-33-41-55(2)3/h55-61,66H,9-54H2,1-8H3,(H,71,72)(H,73,74)/t58?,59-,60-,61-/m1/s1. The lowest BCUT2D eigenvalue weighted by atomic mass is 9.99. The first-order valence-electron chi connectivity index (χ1n) is 33.7. The van der Waals surface area contributed by atoms with Crippen molar-refractivity contribution in [3.8, 4) is 0 Å². The van der Waals surface area contributed by atoms with Gasteiger partial charge in [-0.1, -0.05) is 261 Å². The molecule has 3 unspecified atom stereocenters. The summed E-state index contributed by atoms with van der Waals surface area (Å²) < 4.78 is 68.0. The molecule has 3 N–H and O–H groups in total. The Bertz CT molecular complexity index is 1680. The van der Waals surface area contributed by atoms with Gasteiger partial charge in [-0.05, 0) is 49.4 Å². The summed E-state index contributed by atoms with van der Waals surface area (Å²) in [4.78, 5) is 72.2. The fraction of sp³-hybridized carbons (Fsp3) is 0.938. The Balaban J connectivity index is 5.25. The van der Waals surface area contributed by atoms with Crippen LogP contribution in [-0.4, -0.2) is 96.7 Å². The van der Waals surface area contributed by atoms with Crippen LogP contribution >= 0.6 is 15.6 Å². The molecule has 84 heavy (non-hydrogen) atoms. The number of esters is 4. The highest BCUT2D eigenvalue weighted by atomic mass is 31.2. The SMILES string of the molecule is CCC(C)CCCCCCCCCCC(=O)OC[C@H](COP(=O)(O)OC[C@@H](O)COP(=O)(O)OC[C@@H](COC(=O)CCCCCCCCC(C)C)OC(=O)CCCCCCCCCCCCC(C)C)OC(=O)CCCCCCCCCC(C)C. The van der Waals surface area contributed by atoms with Gasteiger partial charge in [0, 0.05) is 25.7 Å². The number of hydrogen-bond donors (Lipinski definition) is 3. The predicted molar refractivity (Wildman–Crippen MR) is 335 cm³/mol. The van der Waals surface area contributed by atoms with E-state index in [-0.39, 0.29) is 25.7 Å². The summed E-state index contributed by atoms with van der Waals surface area (Å²) in [5.41, 5.74) is 0. The van der Waals surface area contributed by atoms with Crippen molar-refractivity contribution >= 4 is 39.5 Å². The lowest BCUT2D eigenvalue weighted by molar-refractivity contribution is -0.161. The largest absolute Gasteiger partial charge is 0.472 e. The molecule has 0 heterocycles. The molecule has 0 fully saturated rings. The van der Waals surface area contributed by atoms with Crippen LogP contribution in [0.5, 0.6) is 0 Å². The Kier molecular flexibility index (Phi) is 53.9. The molecule has 0 aliphatic carbocycles. The molecule has 0 spiro atoms. The summed E-state index contributed by atoms with van der Waals surface area (Å²) in [6.07, 6.45) is 35.0. The fourth-order valence-electron chi connectivity index (χ4n) is 9.57. The first kappa shape index (κ1) is 82.1. The molecule has 0 aliphatic rings. The van der Waals surface area contributed by atoms with Crippen molar-refractivity contribution in [2.75, 3.05) is 39.6 Å². The molecular formula is C65H126O17P2. The molecule has 0 aliphatic heterocycles. The Morgan fingerprint density at radius 1 is 0.333 bits per heavy atom. The molecule has 0 aromatic rings. The molecule has 6 atom stereocenters. The molecule has 19 heteroatoms. The third kappa shape index (κ3) is 57.8. The summed E-state index contributed by atoms with van der Waals surface area (Å²) in [6.45, 7) is 13.9. The maximum Gasteiger partial charge on any atom is 0.472 e. The molecule has 17 nitrogen and oxygen atoms in total. The molecule has 0 saturated heterocycles. The van der Waals surface area contributed by atoms with Gasteiger partial charge in [0.2, 0.25) is 0 Å². The van der Waals surface area contributed by atoms with Crippen molar-refractivity contribution in [3.05, 3.63) is 0 Å². The van der Waals surface area contributed by atoms with Crippen LogP contribution in [-0.2, 0) is 65.4 Å². The van der Waals surface area contributed by atoms with Gasteiger partial charge in [-0.25, -0.2) is 9.13 Å². The number of unbranched alkanes of at least 4 members (excludes halogenated alkanes) is 27. The molecule has 0 amide bonds. The van der Waals surface area contributed by atoms with Crippen molar-refractivity contribution < 1.29 is 80.2 Å². The van der Waals surface area contributed by atoms with E-state index in [1.807, 2.05) is 0 Å². The highest BCUT2D eigenvalue weighted by Crippen LogP contribution is 2.45. The Labute approximate surface area is 511 Å². The minimum Gasteiger partial charge on any atom is -0.462 e. The molecule has 0 saturated carbocycles. The van der Waals surface area contributed by atoms with Gasteiger partial charge in [0.25, 0.3) is 0 Å². The number of phosphoric ester groups is 2. The average Bonchev–Trinajstić information content (AvgIpc) is 3.50. The molecule has 0 aromatic heterocycles. The maximum atomic E-state index is 13.0. The highest BCUT2D eigenvalue weighted by molar-refractivity contribution is 7.47. The smallest absolute Gasteiger partial charge is 0.462 e. The molecule has 0 bridgehead atoms. The van der Waals surface area contributed by atoms with Crippen molar-refractivity contribution in [1.82, 2.24) is 0 Å². The van der Waals surface area contributed by atoms with Gasteiger partial charge in [0.05, 0.1) is 26.4 Å². The van der Waals surface area contributed by atoms with E-state index in [0.717, 1.165) is 108 Å². The molecule has 498 valence electrons. The van der Waals surface area contributed by atoms with E-state index < -0.39 is 97.5 Å². The van der Waals surface area contributed by atoms with Crippen LogP contribution in [0.2, 0.25) is 0 Å². The van der Waals surface area contributed by atoms with Gasteiger partial charge in [-0.2, -0.15) is 0 Å². The van der Waals surface area contributed by atoms with E-state index in [1.54, 1.807) is 0 Å². The predicted octanol–water partition coefficient (Wildman–Crippen LogP) is 17.8. The zero-order valence-corrected chi connectivity index (χ0v) is 56.3. The first-order valence-corrected chi connectivity index (χ1v) is 36.7. The van der Waals surface area contributed by atoms with Gasteiger partial charge in [0.1, 0.15) is 19.3 Å². The average molecular weight is 1240 g/mol. The maximum absolute atomic E-state index is 13.0. The number of aliphatic hydroxyl groups excluding tert-OH is 1. The normalized spacial score (nSPS) is 14.7. The second-order valence-corrected chi connectivity index (χ2v) is 28.1. The second kappa shape index (κ2) is 55.2.